The molecular formula is C11H11NO6. The molecule has 2 atom stereocenters. The van der Waals surface area contributed by atoms with Gasteiger partial charge in [-0.2, -0.15) is 0 Å². The van der Waals surface area contributed by atoms with Gasteiger partial charge in [0.05, 0.1) is 5.56 Å². The van der Waals surface area contributed by atoms with E-state index in [1.807, 2.05) is 0 Å². The van der Waals surface area contributed by atoms with Gasteiger partial charge in [0.25, 0.3) is 0 Å². The number of carbonyl (C=O) groups excluding carboxylic acids is 1. The lowest BCUT2D eigenvalue weighted by atomic mass is 10.1. The standard InChI is InChI=1S/C11H11NO6/c12-7(9(13)14)8(10(15)16)18-11(17)6-4-2-1-3-5-6/h1-5,7-8H,12H2,(H,13,14)(H,15,16)/t7?,8-/m0/s1. The van der Waals surface area contributed by atoms with Crippen molar-refractivity contribution in [2.75, 3.05) is 0 Å². The molecule has 0 saturated carbocycles. The number of hydrogen-bond acceptors (Lipinski definition) is 5. The molecule has 0 amide bonds. The Hall–Kier alpha value is -2.41. The Bertz CT molecular complexity index is 458. The highest BCUT2D eigenvalue weighted by molar-refractivity contribution is 5.93. The fourth-order valence-corrected chi connectivity index (χ4v) is 1.16. The molecule has 7 nitrogen and oxygen atoms in total. The maximum Gasteiger partial charge on any atom is 0.347 e. The number of esters is 1. The van der Waals surface area contributed by atoms with E-state index in [1.54, 1.807) is 18.2 Å². The highest BCUT2D eigenvalue weighted by Crippen LogP contribution is 2.06. The SMILES string of the molecule is NC(C(=O)O)[C@H](OC(=O)c1ccccc1)C(=O)O. The predicted molar refractivity (Wildman–Crippen MR) is 58.9 cm³/mol. The van der Waals surface area contributed by atoms with Gasteiger partial charge in [0.15, 0.2) is 6.04 Å². The molecule has 1 aromatic rings. The predicted octanol–water partition coefficient (Wildman–Crippen LogP) is -0.292. The van der Waals surface area contributed by atoms with Gasteiger partial charge in [-0.1, -0.05) is 18.2 Å². The summed E-state index contributed by atoms with van der Waals surface area (Å²) in [6.45, 7) is 0. The molecule has 0 aromatic heterocycles. The molecule has 0 fully saturated rings. The van der Waals surface area contributed by atoms with Crippen LogP contribution in [0.3, 0.4) is 0 Å². The lowest BCUT2D eigenvalue weighted by Crippen LogP contribution is -2.48. The number of carboxylic acid groups (broad SMARTS) is 2. The minimum atomic E-state index is -1.93. The first-order valence-corrected chi connectivity index (χ1v) is 4.90. The van der Waals surface area contributed by atoms with Crippen LogP contribution >= 0.6 is 0 Å². The summed E-state index contributed by atoms with van der Waals surface area (Å²) in [6.07, 6.45) is -1.93. The van der Waals surface area contributed by atoms with Crippen molar-refractivity contribution in [3.8, 4) is 0 Å². The zero-order chi connectivity index (χ0) is 13.7. The summed E-state index contributed by atoms with van der Waals surface area (Å²) in [5.74, 6) is -4.13. The first-order chi connectivity index (χ1) is 8.43. The molecule has 7 heteroatoms. The van der Waals surface area contributed by atoms with Crippen molar-refractivity contribution in [1.29, 1.82) is 0 Å². The molecule has 0 heterocycles. The number of benzene rings is 1. The number of hydrogen-bond donors (Lipinski definition) is 3. The summed E-state index contributed by atoms with van der Waals surface area (Å²) in [4.78, 5) is 32.9. The van der Waals surface area contributed by atoms with Gasteiger partial charge in [-0.15, -0.1) is 0 Å². The van der Waals surface area contributed by atoms with E-state index in [9.17, 15) is 14.4 Å². The molecule has 0 bridgehead atoms. The zero-order valence-corrected chi connectivity index (χ0v) is 9.15. The van der Waals surface area contributed by atoms with Gasteiger partial charge in [0.1, 0.15) is 0 Å². The molecule has 0 radical (unpaired) electrons. The average molecular weight is 253 g/mol. The average Bonchev–Trinajstić information content (AvgIpc) is 2.35. The third-order valence-corrected chi connectivity index (χ3v) is 2.10. The summed E-state index contributed by atoms with van der Waals surface area (Å²) in [7, 11) is 0. The first kappa shape index (κ1) is 13.7. The lowest BCUT2D eigenvalue weighted by Gasteiger charge is -2.17. The van der Waals surface area contributed by atoms with Crippen molar-refractivity contribution >= 4 is 17.9 Å². The van der Waals surface area contributed by atoms with Crippen LogP contribution < -0.4 is 5.73 Å². The fraction of sp³-hybridized carbons (Fsp3) is 0.182. The topological polar surface area (TPSA) is 127 Å². The Kier molecular flexibility index (Phi) is 4.39. The molecule has 96 valence electrons. The van der Waals surface area contributed by atoms with Gasteiger partial charge in [-0.25, -0.2) is 9.59 Å². The van der Waals surface area contributed by atoms with Crippen LogP contribution in [0.4, 0.5) is 0 Å². The number of aliphatic carboxylic acids is 2. The summed E-state index contributed by atoms with van der Waals surface area (Å²) < 4.78 is 4.58. The number of carbonyl (C=O) groups is 3. The van der Waals surface area contributed by atoms with Crippen molar-refractivity contribution in [2.24, 2.45) is 5.73 Å². The summed E-state index contributed by atoms with van der Waals surface area (Å²) >= 11 is 0. The van der Waals surface area contributed by atoms with E-state index in [1.165, 1.54) is 12.1 Å². The summed E-state index contributed by atoms with van der Waals surface area (Å²) in [5, 5.41) is 17.4. The first-order valence-electron chi connectivity index (χ1n) is 4.90. The number of carboxylic acids is 2. The third-order valence-electron chi connectivity index (χ3n) is 2.10. The second-order valence-electron chi connectivity index (χ2n) is 3.39. The van der Waals surface area contributed by atoms with Crippen LogP contribution in [0.25, 0.3) is 0 Å². The molecule has 0 spiro atoms. The highest BCUT2D eigenvalue weighted by atomic mass is 16.6. The molecule has 0 saturated heterocycles. The molecule has 4 N–H and O–H groups in total. The normalized spacial score (nSPS) is 13.4. The van der Waals surface area contributed by atoms with E-state index >= 15 is 0 Å². The molecule has 1 unspecified atom stereocenters. The molecule has 18 heavy (non-hydrogen) atoms. The van der Waals surface area contributed by atoms with Crippen LogP contribution in [-0.2, 0) is 14.3 Å². The molecule has 0 aliphatic carbocycles. The van der Waals surface area contributed by atoms with Crippen LogP contribution in [-0.4, -0.2) is 40.3 Å². The van der Waals surface area contributed by atoms with Crippen LogP contribution in [0, 0.1) is 0 Å². The molecule has 1 aromatic carbocycles. The van der Waals surface area contributed by atoms with Crippen LogP contribution in [0.2, 0.25) is 0 Å². The maximum atomic E-state index is 11.6. The van der Waals surface area contributed by atoms with Crippen LogP contribution in [0.15, 0.2) is 30.3 Å². The van der Waals surface area contributed by atoms with Crippen molar-refractivity contribution < 1.29 is 29.3 Å². The van der Waals surface area contributed by atoms with Crippen molar-refractivity contribution in [3.63, 3.8) is 0 Å². The van der Waals surface area contributed by atoms with E-state index in [0.717, 1.165) is 0 Å². The van der Waals surface area contributed by atoms with Crippen LogP contribution in [0.1, 0.15) is 10.4 Å². The van der Waals surface area contributed by atoms with Crippen LogP contribution in [0.5, 0.6) is 0 Å². The fourth-order valence-electron chi connectivity index (χ4n) is 1.16. The Morgan fingerprint density at radius 3 is 2.06 bits per heavy atom. The van der Waals surface area contributed by atoms with Gasteiger partial charge in [-0.05, 0) is 12.1 Å². The quantitative estimate of drug-likeness (QED) is 0.615. The van der Waals surface area contributed by atoms with Crippen molar-refractivity contribution in [2.45, 2.75) is 12.1 Å². The number of ether oxygens (including phenoxy) is 1. The number of rotatable bonds is 5. The Morgan fingerprint density at radius 2 is 1.61 bits per heavy atom. The molecular weight excluding hydrogens is 242 g/mol. The minimum absolute atomic E-state index is 0.112. The summed E-state index contributed by atoms with van der Waals surface area (Å²) in [5.41, 5.74) is 5.24. The van der Waals surface area contributed by atoms with E-state index in [4.69, 9.17) is 15.9 Å². The second-order valence-corrected chi connectivity index (χ2v) is 3.39. The monoisotopic (exact) mass is 253 g/mol. The second kappa shape index (κ2) is 5.78. The Labute approximate surface area is 102 Å². The molecule has 1 rings (SSSR count). The van der Waals surface area contributed by atoms with Gasteiger partial charge < -0.3 is 20.7 Å². The summed E-state index contributed by atoms with van der Waals surface area (Å²) in [6, 6.07) is 5.78. The minimum Gasteiger partial charge on any atom is -0.480 e. The Morgan fingerprint density at radius 1 is 1.06 bits per heavy atom. The largest absolute Gasteiger partial charge is 0.480 e. The third kappa shape index (κ3) is 3.29. The van der Waals surface area contributed by atoms with E-state index in [-0.39, 0.29) is 5.56 Å². The van der Waals surface area contributed by atoms with Gasteiger partial charge in [-0.3, -0.25) is 4.79 Å². The van der Waals surface area contributed by atoms with Gasteiger partial charge in [0.2, 0.25) is 6.10 Å². The maximum absolute atomic E-state index is 11.6. The van der Waals surface area contributed by atoms with E-state index < -0.39 is 30.1 Å². The van der Waals surface area contributed by atoms with Crippen molar-refractivity contribution in [3.05, 3.63) is 35.9 Å². The van der Waals surface area contributed by atoms with E-state index in [0.29, 0.717) is 0 Å². The van der Waals surface area contributed by atoms with Gasteiger partial charge >= 0.3 is 17.9 Å². The van der Waals surface area contributed by atoms with Crippen molar-refractivity contribution in [1.82, 2.24) is 0 Å². The zero-order valence-electron chi connectivity index (χ0n) is 9.15. The van der Waals surface area contributed by atoms with Gasteiger partial charge in [0, 0.05) is 0 Å². The van der Waals surface area contributed by atoms with E-state index in [2.05, 4.69) is 4.74 Å². The lowest BCUT2D eigenvalue weighted by molar-refractivity contribution is -0.155. The number of nitrogens with two attached hydrogens (primary N) is 1. The molecule has 0 aliphatic heterocycles. The Balaban J connectivity index is 2.83. The molecule has 0 aliphatic rings. The highest BCUT2D eigenvalue weighted by Gasteiger charge is 2.34. The smallest absolute Gasteiger partial charge is 0.347 e.